The SMILES string of the molecule is CSc1ccc2c(c1)C(CCNC(C)=O)CCC2. The molecule has 2 rings (SSSR count). The average Bonchev–Trinajstić information content (AvgIpc) is 2.38. The summed E-state index contributed by atoms with van der Waals surface area (Å²) in [4.78, 5) is 12.3. The number of fused-ring (bicyclic) bond motifs is 1. The number of rotatable bonds is 4. The molecule has 1 aromatic rings. The van der Waals surface area contributed by atoms with Crippen molar-refractivity contribution in [2.45, 2.75) is 43.4 Å². The molecule has 2 nitrogen and oxygen atoms in total. The number of carbonyl (C=O) groups excluding carboxylic acids is 1. The monoisotopic (exact) mass is 263 g/mol. The molecule has 0 spiro atoms. The van der Waals surface area contributed by atoms with Gasteiger partial charge in [-0.25, -0.2) is 0 Å². The van der Waals surface area contributed by atoms with Crippen molar-refractivity contribution in [3.63, 3.8) is 0 Å². The normalized spacial score (nSPS) is 18.2. The van der Waals surface area contributed by atoms with Gasteiger partial charge in [-0.3, -0.25) is 4.79 Å². The van der Waals surface area contributed by atoms with Gasteiger partial charge < -0.3 is 5.32 Å². The van der Waals surface area contributed by atoms with Crippen molar-refractivity contribution in [2.75, 3.05) is 12.8 Å². The van der Waals surface area contributed by atoms with E-state index in [1.807, 2.05) is 0 Å². The summed E-state index contributed by atoms with van der Waals surface area (Å²) in [6.07, 6.45) is 6.92. The van der Waals surface area contributed by atoms with E-state index in [0.29, 0.717) is 5.92 Å². The molecule has 1 aliphatic rings. The van der Waals surface area contributed by atoms with Crippen LogP contribution in [0, 0.1) is 0 Å². The van der Waals surface area contributed by atoms with Crippen LogP contribution in [0.25, 0.3) is 0 Å². The molecule has 0 aliphatic heterocycles. The van der Waals surface area contributed by atoms with Gasteiger partial charge in [-0.15, -0.1) is 11.8 Å². The van der Waals surface area contributed by atoms with Crippen LogP contribution in [0.4, 0.5) is 0 Å². The van der Waals surface area contributed by atoms with Crippen LogP contribution in [0.5, 0.6) is 0 Å². The van der Waals surface area contributed by atoms with Crippen LogP contribution in [0.15, 0.2) is 23.1 Å². The fraction of sp³-hybridized carbons (Fsp3) is 0.533. The fourth-order valence-electron chi connectivity index (χ4n) is 2.72. The highest BCUT2D eigenvalue weighted by atomic mass is 32.2. The molecule has 0 saturated heterocycles. The summed E-state index contributed by atoms with van der Waals surface area (Å²) in [6.45, 7) is 2.38. The van der Waals surface area contributed by atoms with E-state index in [1.165, 1.54) is 35.3 Å². The van der Waals surface area contributed by atoms with Gasteiger partial charge in [-0.1, -0.05) is 6.07 Å². The van der Waals surface area contributed by atoms with E-state index < -0.39 is 0 Å². The third-order valence-electron chi connectivity index (χ3n) is 3.66. The maximum Gasteiger partial charge on any atom is 0.216 e. The van der Waals surface area contributed by atoms with E-state index in [9.17, 15) is 4.79 Å². The van der Waals surface area contributed by atoms with E-state index in [-0.39, 0.29) is 5.91 Å². The van der Waals surface area contributed by atoms with Crippen LogP contribution >= 0.6 is 11.8 Å². The smallest absolute Gasteiger partial charge is 0.216 e. The molecule has 0 fully saturated rings. The summed E-state index contributed by atoms with van der Waals surface area (Å²) in [6, 6.07) is 6.85. The van der Waals surface area contributed by atoms with Crippen LogP contribution in [0.3, 0.4) is 0 Å². The molecule has 98 valence electrons. The standard InChI is InChI=1S/C15H21NOS/c1-11(17)16-9-8-13-5-3-4-12-6-7-14(18-2)10-15(12)13/h6-7,10,13H,3-5,8-9H2,1-2H3,(H,16,17). The Balaban J connectivity index is 2.08. The molecular formula is C15H21NOS. The Kier molecular flexibility index (Phi) is 4.70. The lowest BCUT2D eigenvalue weighted by molar-refractivity contribution is -0.118. The summed E-state index contributed by atoms with van der Waals surface area (Å²) in [5, 5.41) is 2.91. The Hall–Kier alpha value is -0.960. The second-order valence-corrected chi connectivity index (χ2v) is 5.81. The molecule has 1 atom stereocenters. The van der Waals surface area contributed by atoms with Gasteiger partial charge in [-0.2, -0.15) is 0 Å². The van der Waals surface area contributed by atoms with E-state index in [4.69, 9.17) is 0 Å². The summed E-state index contributed by atoms with van der Waals surface area (Å²) >= 11 is 1.80. The summed E-state index contributed by atoms with van der Waals surface area (Å²) in [5.74, 6) is 0.691. The summed E-state index contributed by atoms with van der Waals surface area (Å²) in [7, 11) is 0. The Morgan fingerprint density at radius 1 is 1.50 bits per heavy atom. The van der Waals surface area contributed by atoms with E-state index >= 15 is 0 Å². The molecule has 18 heavy (non-hydrogen) atoms. The minimum absolute atomic E-state index is 0.0731. The van der Waals surface area contributed by atoms with Gasteiger partial charge >= 0.3 is 0 Å². The van der Waals surface area contributed by atoms with Gasteiger partial charge in [-0.05, 0) is 61.1 Å². The molecule has 1 amide bonds. The molecule has 0 aromatic heterocycles. The lowest BCUT2D eigenvalue weighted by Gasteiger charge is -2.26. The molecular weight excluding hydrogens is 242 g/mol. The molecule has 0 radical (unpaired) electrons. The highest BCUT2D eigenvalue weighted by Gasteiger charge is 2.20. The van der Waals surface area contributed by atoms with Crippen molar-refractivity contribution in [3.8, 4) is 0 Å². The van der Waals surface area contributed by atoms with E-state index in [1.54, 1.807) is 18.7 Å². The van der Waals surface area contributed by atoms with Gasteiger partial charge in [0.15, 0.2) is 0 Å². The van der Waals surface area contributed by atoms with Gasteiger partial charge in [0.2, 0.25) is 5.91 Å². The predicted octanol–water partition coefficient (Wildman–Crippen LogP) is 3.35. The zero-order chi connectivity index (χ0) is 13.0. The Labute approximate surface area is 114 Å². The highest BCUT2D eigenvalue weighted by molar-refractivity contribution is 7.98. The first kappa shape index (κ1) is 13.5. The molecule has 0 bridgehead atoms. The predicted molar refractivity (Wildman–Crippen MR) is 77.2 cm³/mol. The lowest BCUT2D eigenvalue weighted by Crippen LogP contribution is -2.23. The Morgan fingerprint density at radius 3 is 3.06 bits per heavy atom. The van der Waals surface area contributed by atoms with Crippen molar-refractivity contribution >= 4 is 17.7 Å². The quantitative estimate of drug-likeness (QED) is 0.844. The third-order valence-corrected chi connectivity index (χ3v) is 4.38. The third kappa shape index (κ3) is 3.29. The zero-order valence-electron chi connectivity index (χ0n) is 11.2. The van der Waals surface area contributed by atoms with E-state index in [2.05, 4.69) is 29.8 Å². The number of carbonyl (C=O) groups is 1. The number of nitrogens with one attached hydrogen (secondary N) is 1. The molecule has 3 heteroatoms. The summed E-state index contributed by atoms with van der Waals surface area (Å²) in [5.41, 5.74) is 3.02. The average molecular weight is 263 g/mol. The maximum atomic E-state index is 10.9. The first-order chi connectivity index (χ1) is 8.70. The molecule has 1 aromatic carbocycles. The number of benzene rings is 1. The molecule has 1 unspecified atom stereocenters. The first-order valence-corrected chi connectivity index (χ1v) is 7.84. The lowest BCUT2D eigenvalue weighted by atomic mass is 9.81. The Morgan fingerprint density at radius 2 is 2.33 bits per heavy atom. The fourth-order valence-corrected chi connectivity index (χ4v) is 3.17. The second kappa shape index (κ2) is 6.28. The second-order valence-electron chi connectivity index (χ2n) is 4.93. The van der Waals surface area contributed by atoms with Crippen LogP contribution in [0.2, 0.25) is 0 Å². The van der Waals surface area contributed by atoms with Crippen molar-refractivity contribution in [1.82, 2.24) is 5.32 Å². The number of amides is 1. The molecule has 1 aliphatic carbocycles. The minimum atomic E-state index is 0.0731. The molecule has 1 N–H and O–H groups in total. The number of thioether (sulfide) groups is 1. The topological polar surface area (TPSA) is 29.1 Å². The Bertz CT molecular complexity index is 431. The van der Waals surface area contributed by atoms with Crippen LogP contribution < -0.4 is 5.32 Å². The van der Waals surface area contributed by atoms with Crippen molar-refractivity contribution in [3.05, 3.63) is 29.3 Å². The van der Waals surface area contributed by atoms with Gasteiger partial charge in [0.1, 0.15) is 0 Å². The number of hydrogen-bond acceptors (Lipinski definition) is 2. The molecule has 0 saturated carbocycles. The van der Waals surface area contributed by atoms with Crippen LogP contribution in [0.1, 0.15) is 43.2 Å². The van der Waals surface area contributed by atoms with Crippen molar-refractivity contribution in [2.24, 2.45) is 0 Å². The summed E-state index contributed by atoms with van der Waals surface area (Å²) < 4.78 is 0. The number of hydrogen-bond donors (Lipinski definition) is 1. The van der Waals surface area contributed by atoms with Gasteiger partial charge in [0, 0.05) is 18.4 Å². The van der Waals surface area contributed by atoms with Crippen molar-refractivity contribution in [1.29, 1.82) is 0 Å². The zero-order valence-corrected chi connectivity index (χ0v) is 12.0. The minimum Gasteiger partial charge on any atom is -0.356 e. The van der Waals surface area contributed by atoms with Gasteiger partial charge in [0.05, 0.1) is 0 Å². The van der Waals surface area contributed by atoms with Gasteiger partial charge in [0.25, 0.3) is 0 Å². The number of aryl methyl sites for hydroxylation is 1. The molecule has 0 heterocycles. The maximum absolute atomic E-state index is 10.9. The van der Waals surface area contributed by atoms with Crippen molar-refractivity contribution < 1.29 is 4.79 Å². The van der Waals surface area contributed by atoms with Crippen LogP contribution in [-0.4, -0.2) is 18.7 Å². The highest BCUT2D eigenvalue weighted by Crippen LogP contribution is 2.35. The first-order valence-electron chi connectivity index (χ1n) is 6.62. The van der Waals surface area contributed by atoms with E-state index in [0.717, 1.165) is 13.0 Å². The largest absolute Gasteiger partial charge is 0.356 e. The van der Waals surface area contributed by atoms with Crippen LogP contribution in [-0.2, 0) is 11.2 Å².